The number of ether oxygens (including phenoxy) is 1. The van der Waals surface area contributed by atoms with Crippen LogP contribution in [0.1, 0.15) is 64.7 Å². The Bertz CT molecular complexity index is 229. The molecule has 0 aliphatic heterocycles. The zero-order valence-electron chi connectivity index (χ0n) is 11.1. The van der Waals surface area contributed by atoms with Gasteiger partial charge in [0.1, 0.15) is 6.61 Å². The lowest BCUT2D eigenvalue weighted by Crippen LogP contribution is -2.05. The lowest BCUT2D eigenvalue weighted by atomic mass is 10.1. The third kappa shape index (κ3) is 8.00. The van der Waals surface area contributed by atoms with Crippen LogP contribution >= 0.6 is 0 Å². The van der Waals surface area contributed by atoms with Crippen molar-refractivity contribution in [2.75, 3.05) is 6.61 Å². The summed E-state index contributed by atoms with van der Waals surface area (Å²) < 4.78 is 5.10. The standard InChI is InChI=1S/C15H26O2/c1-2-3-4-5-6-7-8-9-10-13-17-15(16)14-11-12-14/h9-10,14H,2-8,11-13H2,1H3/b10-9+. The molecular weight excluding hydrogens is 212 g/mol. The molecule has 1 saturated carbocycles. The number of carbonyl (C=O) groups excluding carboxylic acids is 1. The van der Waals surface area contributed by atoms with Crippen LogP contribution in [0.4, 0.5) is 0 Å². The molecule has 0 bridgehead atoms. The summed E-state index contributed by atoms with van der Waals surface area (Å²) in [6, 6.07) is 0. The third-order valence-corrected chi connectivity index (χ3v) is 3.12. The summed E-state index contributed by atoms with van der Waals surface area (Å²) in [5, 5.41) is 0. The number of hydrogen-bond donors (Lipinski definition) is 0. The highest BCUT2D eigenvalue weighted by molar-refractivity contribution is 5.74. The smallest absolute Gasteiger partial charge is 0.309 e. The molecule has 0 N–H and O–H groups in total. The van der Waals surface area contributed by atoms with Gasteiger partial charge in [-0.3, -0.25) is 4.79 Å². The Labute approximate surface area is 105 Å². The first kappa shape index (κ1) is 14.3. The summed E-state index contributed by atoms with van der Waals surface area (Å²) in [6.45, 7) is 2.71. The molecule has 0 atom stereocenters. The monoisotopic (exact) mass is 238 g/mol. The van der Waals surface area contributed by atoms with Gasteiger partial charge in [0.25, 0.3) is 0 Å². The maximum atomic E-state index is 11.2. The van der Waals surface area contributed by atoms with Crippen molar-refractivity contribution in [3.63, 3.8) is 0 Å². The van der Waals surface area contributed by atoms with Crippen molar-refractivity contribution in [2.45, 2.75) is 64.7 Å². The predicted octanol–water partition coefficient (Wildman–Crippen LogP) is 4.25. The van der Waals surface area contributed by atoms with Crippen LogP contribution in [0.2, 0.25) is 0 Å². The Morgan fingerprint density at radius 1 is 1.12 bits per heavy atom. The molecule has 1 aliphatic carbocycles. The van der Waals surface area contributed by atoms with E-state index in [0.29, 0.717) is 6.61 Å². The lowest BCUT2D eigenvalue weighted by Gasteiger charge is -1.99. The van der Waals surface area contributed by atoms with Crippen LogP contribution in [0, 0.1) is 5.92 Å². The van der Waals surface area contributed by atoms with Crippen LogP contribution < -0.4 is 0 Å². The largest absolute Gasteiger partial charge is 0.461 e. The minimum absolute atomic E-state index is 0.00536. The van der Waals surface area contributed by atoms with Crippen molar-refractivity contribution in [2.24, 2.45) is 5.92 Å². The van der Waals surface area contributed by atoms with Gasteiger partial charge in [-0.2, -0.15) is 0 Å². The predicted molar refractivity (Wildman–Crippen MR) is 70.8 cm³/mol. The molecule has 1 rings (SSSR count). The fourth-order valence-electron chi connectivity index (χ4n) is 1.80. The van der Waals surface area contributed by atoms with Crippen molar-refractivity contribution < 1.29 is 9.53 Å². The number of allylic oxidation sites excluding steroid dienone is 1. The SMILES string of the molecule is CCCCCCCC/C=C/COC(=O)C1CC1. The highest BCUT2D eigenvalue weighted by Gasteiger charge is 2.30. The van der Waals surface area contributed by atoms with Crippen molar-refractivity contribution >= 4 is 5.97 Å². The molecule has 0 radical (unpaired) electrons. The summed E-state index contributed by atoms with van der Waals surface area (Å²) >= 11 is 0. The Morgan fingerprint density at radius 3 is 2.53 bits per heavy atom. The Hall–Kier alpha value is -0.790. The summed E-state index contributed by atoms with van der Waals surface area (Å²) in [5.74, 6) is 0.219. The van der Waals surface area contributed by atoms with Crippen LogP contribution in [0.25, 0.3) is 0 Å². The molecule has 0 unspecified atom stereocenters. The molecule has 17 heavy (non-hydrogen) atoms. The number of hydrogen-bond acceptors (Lipinski definition) is 2. The van der Waals surface area contributed by atoms with E-state index in [1.165, 1.54) is 38.5 Å². The van der Waals surface area contributed by atoms with E-state index in [9.17, 15) is 4.79 Å². The van der Waals surface area contributed by atoms with E-state index in [1.807, 2.05) is 6.08 Å². The summed E-state index contributed by atoms with van der Waals surface area (Å²) in [6.07, 6.45) is 15.3. The first-order valence-corrected chi connectivity index (χ1v) is 7.16. The minimum Gasteiger partial charge on any atom is -0.461 e. The fraction of sp³-hybridized carbons (Fsp3) is 0.800. The summed E-state index contributed by atoms with van der Waals surface area (Å²) in [5.41, 5.74) is 0. The van der Waals surface area contributed by atoms with Gasteiger partial charge in [-0.15, -0.1) is 0 Å². The molecule has 0 heterocycles. The second kappa shape index (κ2) is 9.26. The quantitative estimate of drug-likeness (QED) is 0.323. The van der Waals surface area contributed by atoms with Crippen molar-refractivity contribution in [1.29, 1.82) is 0 Å². The Kier molecular flexibility index (Phi) is 7.78. The van der Waals surface area contributed by atoms with Crippen LogP contribution in [0.3, 0.4) is 0 Å². The maximum Gasteiger partial charge on any atom is 0.309 e. The first-order valence-electron chi connectivity index (χ1n) is 7.16. The topological polar surface area (TPSA) is 26.3 Å². The Balaban J connectivity index is 1.80. The number of esters is 1. The zero-order chi connectivity index (χ0) is 12.3. The van der Waals surface area contributed by atoms with Crippen molar-refractivity contribution in [3.05, 3.63) is 12.2 Å². The van der Waals surface area contributed by atoms with Crippen molar-refractivity contribution in [3.8, 4) is 0 Å². The van der Waals surface area contributed by atoms with E-state index in [-0.39, 0.29) is 11.9 Å². The van der Waals surface area contributed by atoms with Gasteiger partial charge in [0.2, 0.25) is 0 Å². The van der Waals surface area contributed by atoms with Crippen LogP contribution in [-0.2, 0) is 9.53 Å². The van der Waals surface area contributed by atoms with Gasteiger partial charge in [0.05, 0.1) is 5.92 Å². The van der Waals surface area contributed by atoms with Gasteiger partial charge in [-0.05, 0) is 25.7 Å². The maximum absolute atomic E-state index is 11.2. The highest BCUT2D eigenvalue weighted by atomic mass is 16.5. The van der Waals surface area contributed by atoms with Gasteiger partial charge in [0, 0.05) is 0 Å². The summed E-state index contributed by atoms with van der Waals surface area (Å²) in [4.78, 5) is 11.2. The Morgan fingerprint density at radius 2 is 1.82 bits per heavy atom. The number of rotatable bonds is 10. The fourth-order valence-corrected chi connectivity index (χ4v) is 1.80. The van der Waals surface area contributed by atoms with E-state index >= 15 is 0 Å². The van der Waals surface area contributed by atoms with Gasteiger partial charge in [0.15, 0.2) is 0 Å². The molecule has 0 aromatic carbocycles. The van der Waals surface area contributed by atoms with E-state index in [0.717, 1.165) is 19.3 Å². The average molecular weight is 238 g/mol. The highest BCUT2D eigenvalue weighted by Crippen LogP contribution is 2.29. The molecule has 0 saturated heterocycles. The molecule has 2 nitrogen and oxygen atoms in total. The first-order chi connectivity index (χ1) is 8.34. The summed E-state index contributed by atoms with van der Waals surface area (Å²) in [7, 11) is 0. The van der Waals surface area contributed by atoms with Crippen LogP contribution in [-0.4, -0.2) is 12.6 Å². The second-order valence-corrected chi connectivity index (χ2v) is 4.93. The number of unbranched alkanes of at least 4 members (excludes halogenated alkanes) is 6. The van der Waals surface area contributed by atoms with Crippen LogP contribution in [0.15, 0.2) is 12.2 Å². The zero-order valence-corrected chi connectivity index (χ0v) is 11.1. The molecule has 98 valence electrons. The van der Waals surface area contributed by atoms with Gasteiger partial charge >= 0.3 is 5.97 Å². The normalized spacial score (nSPS) is 15.4. The van der Waals surface area contributed by atoms with E-state index < -0.39 is 0 Å². The van der Waals surface area contributed by atoms with E-state index in [1.54, 1.807) is 0 Å². The van der Waals surface area contributed by atoms with Crippen molar-refractivity contribution in [1.82, 2.24) is 0 Å². The van der Waals surface area contributed by atoms with E-state index in [4.69, 9.17) is 4.74 Å². The van der Waals surface area contributed by atoms with Gasteiger partial charge < -0.3 is 4.74 Å². The molecule has 2 heteroatoms. The van der Waals surface area contributed by atoms with Gasteiger partial charge in [-0.25, -0.2) is 0 Å². The molecule has 0 aromatic rings. The lowest BCUT2D eigenvalue weighted by molar-refractivity contribution is -0.143. The van der Waals surface area contributed by atoms with E-state index in [2.05, 4.69) is 13.0 Å². The molecule has 1 fully saturated rings. The number of carbonyl (C=O) groups is 1. The average Bonchev–Trinajstić information content (AvgIpc) is 3.15. The molecular formula is C15H26O2. The molecule has 0 spiro atoms. The minimum atomic E-state index is -0.00536. The molecule has 1 aliphatic rings. The van der Waals surface area contributed by atoms with Crippen LogP contribution in [0.5, 0.6) is 0 Å². The molecule has 0 aromatic heterocycles. The van der Waals surface area contributed by atoms with Gasteiger partial charge in [-0.1, -0.05) is 51.2 Å². The second-order valence-electron chi connectivity index (χ2n) is 4.93. The molecule has 0 amide bonds. The third-order valence-electron chi connectivity index (χ3n) is 3.12.